The number of benzene rings is 2. The first-order valence-corrected chi connectivity index (χ1v) is 6.57. The molecule has 112 valence electrons. The molecule has 0 unspecified atom stereocenters. The van der Waals surface area contributed by atoms with E-state index < -0.39 is 30.0 Å². The molecule has 0 aliphatic heterocycles. The number of aliphatic hydroxyl groups excluding tert-OH is 1. The second-order valence-electron chi connectivity index (χ2n) is 4.16. The van der Waals surface area contributed by atoms with Crippen LogP contribution in [0.3, 0.4) is 0 Å². The topological polar surface area (TPSA) is 20.2 Å². The van der Waals surface area contributed by atoms with E-state index in [1.54, 1.807) is 0 Å². The first kappa shape index (κ1) is 15.8. The number of hydrogen-bond acceptors (Lipinski definition) is 2. The molecule has 1 N–H and O–H groups in total. The van der Waals surface area contributed by atoms with Gasteiger partial charge in [0.15, 0.2) is 11.6 Å². The molecule has 0 saturated heterocycles. The Hall–Kier alpha value is -1.60. The third-order valence-corrected chi connectivity index (χ3v) is 3.72. The minimum Gasteiger partial charge on any atom is -0.392 e. The maximum absolute atomic E-state index is 13.1. The van der Waals surface area contributed by atoms with E-state index in [0.717, 1.165) is 18.2 Å². The van der Waals surface area contributed by atoms with Crippen molar-refractivity contribution in [3.8, 4) is 0 Å². The summed E-state index contributed by atoms with van der Waals surface area (Å²) < 4.78 is 64.8. The van der Waals surface area contributed by atoms with Crippen LogP contribution in [0.25, 0.3) is 0 Å². The zero-order valence-electron chi connectivity index (χ0n) is 10.4. The lowest BCUT2D eigenvalue weighted by atomic mass is 10.1. The molecule has 0 aliphatic carbocycles. The average molecular weight is 320 g/mol. The maximum atomic E-state index is 13.1. The Kier molecular flexibility index (Phi) is 4.53. The summed E-state index contributed by atoms with van der Waals surface area (Å²) in [6.45, 7) is -0.515. The van der Waals surface area contributed by atoms with Crippen molar-refractivity contribution >= 4 is 11.8 Å². The van der Waals surface area contributed by atoms with E-state index >= 15 is 0 Å². The van der Waals surface area contributed by atoms with Crippen molar-refractivity contribution in [1.29, 1.82) is 0 Å². The van der Waals surface area contributed by atoms with Crippen molar-refractivity contribution in [3.63, 3.8) is 0 Å². The summed E-state index contributed by atoms with van der Waals surface area (Å²) in [5.41, 5.74) is -0.805. The van der Waals surface area contributed by atoms with Crippen LogP contribution >= 0.6 is 11.8 Å². The predicted molar refractivity (Wildman–Crippen MR) is 67.8 cm³/mol. The van der Waals surface area contributed by atoms with Gasteiger partial charge in [-0.2, -0.15) is 13.2 Å². The van der Waals surface area contributed by atoms with Crippen LogP contribution < -0.4 is 0 Å². The van der Waals surface area contributed by atoms with E-state index in [2.05, 4.69) is 0 Å². The molecule has 0 radical (unpaired) electrons. The molecule has 0 bridgehead atoms. The summed E-state index contributed by atoms with van der Waals surface area (Å²) in [5.74, 6) is -2.19. The van der Waals surface area contributed by atoms with E-state index in [9.17, 15) is 22.0 Å². The van der Waals surface area contributed by atoms with Crippen LogP contribution in [0.1, 0.15) is 11.1 Å². The third kappa shape index (κ3) is 3.74. The Balaban J connectivity index is 2.41. The Labute approximate surface area is 121 Å². The molecule has 2 aromatic rings. The largest absolute Gasteiger partial charge is 0.417 e. The second kappa shape index (κ2) is 6.03. The predicted octanol–water partition coefficient (Wildman–Crippen LogP) is 4.63. The quantitative estimate of drug-likeness (QED) is 0.832. The molecule has 0 aromatic heterocycles. The maximum Gasteiger partial charge on any atom is 0.417 e. The first-order valence-electron chi connectivity index (χ1n) is 5.75. The number of alkyl halides is 3. The Bertz CT molecular complexity index is 654. The van der Waals surface area contributed by atoms with Gasteiger partial charge in [0.1, 0.15) is 0 Å². The highest BCUT2D eigenvalue weighted by atomic mass is 32.2. The monoisotopic (exact) mass is 320 g/mol. The van der Waals surface area contributed by atoms with Crippen molar-refractivity contribution in [2.75, 3.05) is 0 Å². The van der Waals surface area contributed by atoms with Gasteiger partial charge < -0.3 is 5.11 Å². The number of halogens is 5. The average Bonchev–Trinajstić information content (AvgIpc) is 2.42. The van der Waals surface area contributed by atoms with Gasteiger partial charge in [-0.15, -0.1) is 0 Å². The van der Waals surface area contributed by atoms with Gasteiger partial charge in [0.25, 0.3) is 0 Å². The molecular formula is C14H9F5OS. The zero-order chi connectivity index (χ0) is 15.6. The smallest absolute Gasteiger partial charge is 0.392 e. The summed E-state index contributed by atoms with van der Waals surface area (Å²) in [5, 5.41) is 8.91. The van der Waals surface area contributed by atoms with E-state index in [0.29, 0.717) is 11.8 Å². The standard InChI is InChI=1S/C14H9F5OS/c15-11-3-2-9(6-12(11)16)21-13-4-1-8(7-20)5-10(13)14(17,18)19/h1-6,20H,7H2. The molecule has 2 rings (SSSR count). The first-order chi connectivity index (χ1) is 9.81. The molecule has 0 spiro atoms. The van der Waals surface area contributed by atoms with Crippen molar-refractivity contribution in [2.24, 2.45) is 0 Å². The molecule has 7 heteroatoms. The molecule has 0 atom stereocenters. The van der Waals surface area contributed by atoms with Gasteiger partial charge in [0.2, 0.25) is 0 Å². The molecule has 0 saturated carbocycles. The van der Waals surface area contributed by atoms with Crippen LogP contribution in [0.15, 0.2) is 46.2 Å². The Morgan fingerprint density at radius 3 is 2.24 bits per heavy atom. The summed E-state index contributed by atoms with van der Waals surface area (Å²) in [6.07, 6.45) is -4.61. The Morgan fingerprint density at radius 1 is 0.952 bits per heavy atom. The highest BCUT2D eigenvalue weighted by Gasteiger charge is 2.34. The van der Waals surface area contributed by atoms with Gasteiger partial charge in [-0.25, -0.2) is 8.78 Å². The van der Waals surface area contributed by atoms with Gasteiger partial charge in [0.05, 0.1) is 12.2 Å². The lowest BCUT2D eigenvalue weighted by Gasteiger charge is -2.13. The van der Waals surface area contributed by atoms with Gasteiger partial charge in [-0.3, -0.25) is 0 Å². The van der Waals surface area contributed by atoms with Crippen molar-refractivity contribution < 1.29 is 27.1 Å². The molecule has 0 heterocycles. The molecular weight excluding hydrogens is 311 g/mol. The van der Waals surface area contributed by atoms with Crippen LogP contribution in [0.4, 0.5) is 22.0 Å². The van der Waals surface area contributed by atoms with Gasteiger partial charge in [0, 0.05) is 9.79 Å². The summed E-state index contributed by atoms with van der Waals surface area (Å²) in [7, 11) is 0. The molecule has 0 aliphatic rings. The number of aliphatic hydroxyl groups is 1. The fourth-order valence-electron chi connectivity index (χ4n) is 1.65. The highest BCUT2D eigenvalue weighted by Crippen LogP contribution is 2.40. The lowest BCUT2D eigenvalue weighted by molar-refractivity contribution is -0.139. The molecule has 2 aromatic carbocycles. The van der Waals surface area contributed by atoms with E-state index in [4.69, 9.17) is 5.11 Å². The molecule has 0 fully saturated rings. The minimum absolute atomic E-state index is 0.122. The number of hydrogen-bond donors (Lipinski definition) is 1. The fraction of sp³-hybridized carbons (Fsp3) is 0.143. The highest BCUT2D eigenvalue weighted by molar-refractivity contribution is 7.99. The molecule has 0 amide bonds. The summed E-state index contributed by atoms with van der Waals surface area (Å²) in [4.78, 5) is 0.00172. The van der Waals surface area contributed by atoms with Crippen molar-refractivity contribution in [2.45, 2.75) is 22.6 Å². The SMILES string of the molecule is OCc1ccc(Sc2ccc(F)c(F)c2)c(C(F)(F)F)c1. The fourth-order valence-corrected chi connectivity index (χ4v) is 2.63. The number of rotatable bonds is 3. The van der Waals surface area contributed by atoms with E-state index in [-0.39, 0.29) is 15.4 Å². The van der Waals surface area contributed by atoms with Gasteiger partial charge in [-0.1, -0.05) is 17.8 Å². The van der Waals surface area contributed by atoms with Crippen LogP contribution in [-0.2, 0) is 12.8 Å². The summed E-state index contributed by atoms with van der Waals surface area (Å²) >= 11 is 0.675. The van der Waals surface area contributed by atoms with Gasteiger partial charge >= 0.3 is 6.18 Å². The van der Waals surface area contributed by atoms with Crippen LogP contribution in [0.5, 0.6) is 0 Å². The van der Waals surface area contributed by atoms with Crippen LogP contribution in [0.2, 0.25) is 0 Å². The lowest BCUT2D eigenvalue weighted by Crippen LogP contribution is -2.07. The summed E-state index contributed by atoms with van der Waals surface area (Å²) in [6, 6.07) is 6.26. The minimum atomic E-state index is -4.61. The van der Waals surface area contributed by atoms with Crippen LogP contribution in [0, 0.1) is 11.6 Å². The van der Waals surface area contributed by atoms with Crippen molar-refractivity contribution in [1.82, 2.24) is 0 Å². The van der Waals surface area contributed by atoms with Crippen LogP contribution in [-0.4, -0.2) is 5.11 Å². The molecule has 1 nitrogen and oxygen atoms in total. The normalized spacial score (nSPS) is 11.7. The molecule has 21 heavy (non-hydrogen) atoms. The second-order valence-corrected chi connectivity index (χ2v) is 5.28. The Morgan fingerprint density at radius 2 is 1.67 bits per heavy atom. The van der Waals surface area contributed by atoms with Gasteiger partial charge in [-0.05, 0) is 35.9 Å². The zero-order valence-corrected chi connectivity index (χ0v) is 11.2. The van der Waals surface area contributed by atoms with E-state index in [1.165, 1.54) is 18.2 Å². The van der Waals surface area contributed by atoms with Crippen molar-refractivity contribution in [3.05, 3.63) is 59.2 Å². The van der Waals surface area contributed by atoms with E-state index in [1.807, 2.05) is 0 Å². The third-order valence-electron chi connectivity index (χ3n) is 2.65.